The largest absolute Gasteiger partial charge is 0.506 e. The molecule has 7 nitrogen and oxygen atoms in total. The van der Waals surface area contributed by atoms with Gasteiger partial charge < -0.3 is 26.2 Å². The number of hydrogen-bond donors (Lipinski definition) is 4. The third-order valence-corrected chi connectivity index (χ3v) is 4.32. The molecule has 0 spiro atoms. The summed E-state index contributed by atoms with van der Waals surface area (Å²) in [6.07, 6.45) is 0. The zero-order chi connectivity index (χ0) is 21.4. The highest BCUT2D eigenvalue weighted by molar-refractivity contribution is 5.93. The molecule has 0 aromatic heterocycles. The van der Waals surface area contributed by atoms with Crippen LogP contribution in [0.3, 0.4) is 0 Å². The van der Waals surface area contributed by atoms with Crippen LogP contribution in [0.4, 0.5) is 5.69 Å². The van der Waals surface area contributed by atoms with E-state index in [0.29, 0.717) is 18.8 Å². The molecule has 0 saturated heterocycles. The fourth-order valence-electron chi connectivity index (χ4n) is 2.64. The number of phenols is 1. The Balaban J connectivity index is 1.77. The standard InChI is InChI=1S/C22H29N3O4/c1-22(2,3)17-7-8-19(26)18(10-17)25-21(28)14-29-13-20(27)24-12-16-6-4-5-15(9-16)11-23/h4-10,26H,11-14,23H2,1-3H3,(H,24,27)(H,25,28). The minimum atomic E-state index is -0.449. The Kier molecular flexibility index (Phi) is 7.75. The maximum Gasteiger partial charge on any atom is 0.250 e. The monoisotopic (exact) mass is 399 g/mol. The predicted molar refractivity (Wildman–Crippen MR) is 112 cm³/mol. The van der Waals surface area contributed by atoms with E-state index in [1.807, 2.05) is 51.1 Å². The van der Waals surface area contributed by atoms with Crippen molar-refractivity contribution in [3.05, 3.63) is 59.2 Å². The number of nitrogens with one attached hydrogen (secondary N) is 2. The Morgan fingerprint density at radius 3 is 2.41 bits per heavy atom. The number of carbonyl (C=O) groups is 2. The molecule has 2 rings (SSSR count). The lowest BCUT2D eigenvalue weighted by molar-refractivity contribution is -0.128. The van der Waals surface area contributed by atoms with Crippen molar-refractivity contribution in [2.75, 3.05) is 18.5 Å². The fraction of sp³-hybridized carbons (Fsp3) is 0.364. The Labute approximate surface area is 171 Å². The van der Waals surface area contributed by atoms with Crippen LogP contribution >= 0.6 is 0 Å². The van der Waals surface area contributed by atoms with Crippen LogP contribution in [-0.2, 0) is 32.8 Å². The highest BCUT2D eigenvalue weighted by Gasteiger charge is 2.16. The van der Waals surface area contributed by atoms with E-state index in [2.05, 4.69) is 10.6 Å². The van der Waals surface area contributed by atoms with E-state index >= 15 is 0 Å². The van der Waals surface area contributed by atoms with Crippen molar-refractivity contribution in [3.8, 4) is 5.75 Å². The molecule has 5 N–H and O–H groups in total. The summed E-state index contributed by atoms with van der Waals surface area (Å²) in [5.74, 6) is -0.799. The van der Waals surface area contributed by atoms with Gasteiger partial charge in [0.25, 0.3) is 0 Å². The average Bonchev–Trinajstić information content (AvgIpc) is 2.67. The number of rotatable bonds is 8. The van der Waals surface area contributed by atoms with Crippen LogP contribution in [-0.4, -0.2) is 30.1 Å². The van der Waals surface area contributed by atoms with Gasteiger partial charge in [0.05, 0.1) is 5.69 Å². The Morgan fingerprint density at radius 1 is 1.03 bits per heavy atom. The molecular weight excluding hydrogens is 370 g/mol. The first-order chi connectivity index (χ1) is 13.7. The molecule has 29 heavy (non-hydrogen) atoms. The second-order valence-electron chi connectivity index (χ2n) is 7.82. The van der Waals surface area contributed by atoms with E-state index in [4.69, 9.17) is 10.5 Å². The molecule has 2 aromatic carbocycles. The van der Waals surface area contributed by atoms with Gasteiger partial charge in [-0.25, -0.2) is 0 Å². The molecule has 0 aliphatic carbocycles. The van der Waals surface area contributed by atoms with Crippen LogP contribution in [0.5, 0.6) is 5.75 Å². The van der Waals surface area contributed by atoms with Crippen molar-refractivity contribution in [3.63, 3.8) is 0 Å². The summed E-state index contributed by atoms with van der Waals surface area (Å²) in [7, 11) is 0. The first-order valence-corrected chi connectivity index (χ1v) is 9.44. The molecule has 0 aliphatic rings. The van der Waals surface area contributed by atoms with Crippen molar-refractivity contribution in [2.45, 2.75) is 39.3 Å². The lowest BCUT2D eigenvalue weighted by Gasteiger charge is -2.20. The summed E-state index contributed by atoms with van der Waals surface area (Å²) in [6.45, 7) is 6.38. The summed E-state index contributed by atoms with van der Waals surface area (Å²) in [5, 5.41) is 15.3. The van der Waals surface area contributed by atoms with E-state index in [0.717, 1.165) is 16.7 Å². The second kappa shape index (κ2) is 10.0. The van der Waals surface area contributed by atoms with Gasteiger partial charge in [0.2, 0.25) is 11.8 Å². The van der Waals surface area contributed by atoms with Crippen molar-refractivity contribution >= 4 is 17.5 Å². The molecule has 156 valence electrons. The first-order valence-electron chi connectivity index (χ1n) is 9.44. The minimum absolute atomic E-state index is 0.0243. The molecular formula is C22H29N3O4. The topological polar surface area (TPSA) is 114 Å². The summed E-state index contributed by atoms with van der Waals surface area (Å²) >= 11 is 0. The number of carbonyl (C=O) groups excluding carboxylic acids is 2. The molecule has 2 amide bonds. The molecule has 7 heteroatoms. The number of phenolic OH excluding ortho intramolecular Hbond substituents is 1. The fourth-order valence-corrected chi connectivity index (χ4v) is 2.64. The van der Waals surface area contributed by atoms with E-state index in [1.54, 1.807) is 12.1 Å². The predicted octanol–water partition coefficient (Wildman–Crippen LogP) is 2.42. The van der Waals surface area contributed by atoms with Crippen molar-refractivity contribution in [1.82, 2.24) is 5.32 Å². The summed E-state index contributed by atoms with van der Waals surface area (Å²) in [4.78, 5) is 24.0. The van der Waals surface area contributed by atoms with Crippen molar-refractivity contribution in [1.29, 1.82) is 0 Å². The Morgan fingerprint density at radius 2 is 1.72 bits per heavy atom. The van der Waals surface area contributed by atoms with Gasteiger partial charge in [-0.1, -0.05) is 51.1 Å². The van der Waals surface area contributed by atoms with Crippen molar-refractivity contribution < 1.29 is 19.4 Å². The molecule has 0 radical (unpaired) electrons. The van der Waals surface area contributed by atoms with Gasteiger partial charge in [-0.3, -0.25) is 9.59 Å². The number of hydrogen-bond acceptors (Lipinski definition) is 5. The Hall–Kier alpha value is -2.90. The quantitative estimate of drug-likeness (QED) is 0.509. The smallest absolute Gasteiger partial charge is 0.250 e. The van der Waals surface area contributed by atoms with Gasteiger partial charge in [-0.2, -0.15) is 0 Å². The molecule has 2 aromatic rings. The maximum atomic E-state index is 12.1. The molecule has 0 unspecified atom stereocenters. The van der Waals surface area contributed by atoms with E-state index in [1.165, 1.54) is 0 Å². The lowest BCUT2D eigenvalue weighted by atomic mass is 9.87. The average molecular weight is 399 g/mol. The number of amides is 2. The van der Waals surface area contributed by atoms with Crippen LogP contribution in [0.1, 0.15) is 37.5 Å². The highest BCUT2D eigenvalue weighted by atomic mass is 16.5. The zero-order valence-electron chi connectivity index (χ0n) is 17.1. The first kappa shape index (κ1) is 22.4. The third-order valence-electron chi connectivity index (χ3n) is 4.32. The van der Waals surface area contributed by atoms with Crippen LogP contribution in [0.25, 0.3) is 0 Å². The van der Waals surface area contributed by atoms with Crippen LogP contribution in [0.15, 0.2) is 42.5 Å². The maximum absolute atomic E-state index is 12.1. The molecule has 0 heterocycles. The van der Waals surface area contributed by atoms with Gasteiger partial charge in [0.1, 0.15) is 19.0 Å². The van der Waals surface area contributed by atoms with Gasteiger partial charge in [-0.05, 0) is 34.2 Å². The molecule has 0 aliphatic heterocycles. The van der Waals surface area contributed by atoms with Crippen molar-refractivity contribution in [2.24, 2.45) is 5.73 Å². The highest BCUT2D eigenvalue weighted by Crippen LogP contribution is 2.30. The molecule has 0 fully saturated rings. The minimum Gasteiger partial charge on any atom is -0.506 e. The molecule has 0 bridgehead atoms. The summed E-state index contributed by atoms with van der Waals surface area (Å²) in [5.41, 5.74) is 8.70. The van der Waals surface area contributed by atoms with Gasteiger partial charge >= 0.3 is 0 Å². The van der Waals surface area contributed by atoms with Gasteiger partial charge in [-0.15, -0.1) is 0 Å². The molecule has 0 saturated carbocycles. The number of aromatic hydroxyl groups is 1. The normalized spacial score (nSPS) is 11.2. The Bertz CT molecular complexity index is 859. The van der Waals surface area contributed by atoms with E-state index < -0.39 is 5.91 Å². The van der Waals surface area contributed by atoms with Gasteiger partial charge in [0, 0.05) is 13.1 Å². The number of nitrogens with two attached hydrogens (primary N) is 1. The van der Waals surface area contributed by atoms with Crippen LogP contribution < -0.4 is 16.4 Å². The van der Waals surface area contributed by atoms with E-state index in [-0.39, 0.29) is 30.3 Å². The lowest BCUT2D eigenvalue weighted by Crippen LogP contribution is -2.29. The third kappa shape index (κ3) is 7.21. The summed E-state index contributed by atoms with van der Waals surface area (Å²) in [6, 6.07) is 12.7. The molecule has 0 atom stereocenters. The summed E-state index contributed by atoms with van der Waals surface area (Å²) < 4.78 is 5.17. The SMILES string of the molecule is CC(C)(C)c1ccc(O)c(NC(=O)COCC(=O)NCc2cccc(CN)c2)c1. The van der Waals surface area contributed by atoms with E-state index in [9.17, 15) is 14.7 Å². The zero-order valence-corrected chi connectivity index (χ0v) is 17.1. The number of anilines is 1. The van der Waals surface area contributed by atoms with Crippen LogP contribution in [0.2, 0.25) is 0 Å². The number of ether oxygens (including phenoxy) is 1. The second-order valence-corrected chi connectivity index (χ2v) is 7.82. The number of benzene rings is 2. The van der Waals surface area contributed by atoms with Crippen LogP contribution in [0, 0.1) is 0 Å². The van der Waals surface area contributed by atoms with Gasteiger partial charge in [0.15, 0.2) is 0 Å².